The number of oxazole rings is 1. The summed E-state index contributed by atoms with van der Waals surface area (Å²) in [6.07, 6.45) is 5.22. The minimum atomic E-state index is -0.202. The zero-order valence-corrected chi connectivity index (χ0v) is 13.2. The van der Waals surface area contributed by atoms with E-state index in [4.69, 9.17) is 4.42 Å². The monoisotopic (exact) mass is 312 g/mol. The predicted molar refractivity (Wildman–Crippen MR) is 87.0 cm³/mol. The second-order valence-corrected chi connectivity index (χ2v) is 6.44. The van der Waals surface area contributed by atoms with Gasteiger partial charge in [0.15, 0.2) is 5.58 Å². The van der Waals surface area contributed by atoms with Gasteiger partial charge in [0.2, 0.25) is 0 Å². The molecule has 4 rings (SSSR count). The van der Waals surface area contributed by atoms with Gasteiger partial charge in [-0.2, -0.15) is 10.1 Å². The van der Waals surface area contributed by atoms with E-state index < -0.39 is 0 Å². The van der Waals surface area contributed by atoms with Gasteiger partial charge in [-0.1, -0.05) is 6.07 Å². The van der Waals surface area contributed by atoms with E-state index in [0.717, 1.165) is 35.1 Å². The van der Waals surface area contributed by atoms with Crippen LogP contribution in [0.3, 0.4) is 0 Å². The molecule has 3 aromatic rings. The zero-order valence-electron chi connectivity index (χ0n) is 13.2. The number of aryl methyl sites for hydroxylation is 2. The molecule has 0 saturated heterocycles. The average Bonchev–Trinajstić information content (AvgIpc) is 3.07. The summed E-state index contributed by atoms with van der Waals surface area (Å²) in [5.74, 6) is 0.353. The quantitative estimate of drug-likeness (QED) is 0.774. The minimum Gasteiger partial charge on any atom is -0.424 e. The third-order valence-corrected chi connectivity index (χ3v) is 4.53. The molecular formula is C17H20N4O2. The molecule has 0 aliphatic heterocycles. The number of anilines is 1. The van der Waals surface area contributed by atoms with Crippen LogP contribution in [-0.4, -0.2) is 26.0 Å². The van der Waals surface area contributed by atoms with Crippen LogP contribution in [0.5, 0.6) is 0 Å². The van der Waals surface area contributed by atoms with Crippen LogP contribution in [0.15, 0.2) is 35.0 Å². The first-order valence-corrected chi connectivity index (χ1v) is 7.89. The second kappa shape index (κ2) is 5.38. The van der Waals surface area contributed by atoms with Gasteiger partial charge in [0, 0.05) is 18.8 Å². The topological polar surface area (TPSA) is 76.1 Å². The van der Waals surface area contributed by atoms with E-state index >= 15 is 0 Å². The van der Waals surface area contributed by atoms with Crippen LogP contribution < -0.4 is 5.32 Å². The normalized spacial score (nSPS) is 22.0. The Kier molecular flexibility index (Phi) is 3.34. The van der Waals surface area contributed by atoms with Crippen molar-refractivity contribution >= 4 is 17.1 Å². The Balaban J connectivity index is 1.63. The predicted octanol–water partition coefficient (Wildman–Crippen LogP) is 2.79. The van der Waals surface area contributed by atoms with Gasteiger partial charge in [-0.05, 0) is 43.4 Å². The second-order valence-electron chi connectivity index (χ2n) is 6.44. The third-order valence-electron chi connectivity index (χ3n) is 4.53. The van der Waals surface area contributed by atoms with Crippen molar-refractivity contribution in [3.05, 3.63) is 41.7 Å². The van der Waals surface area contributed by atoms with E-state index in [2.05, 4.69) is 15.4 Å². The Bertz CT molecular complexity index is 832. The Labute approximate surface area is 134 Å². The molecule has 0 spiro atoms. The van der Waals surface area contributed by atoms with Crippen LogP contribution in [0.1, 0.15) is 30.0 Å². The molecule has 2 aromatic heterocycles. The molecule has 1 aliphatic carbocycles. The number of aliphatic hydroxyl groups excluding tert-OH is 1. The molecule has 0 radical (unpaired) electrons. The highest BCUT2D eigenvalue weighted by atomic mass is 16.4. The maximum atomic E-state index is 9.64. The number of hydrogen-bond acceptors (Lipinski definition) is 5. The van der Waals surface area contributed by atoms with E-state index in [1.807, 2.05) is 44.6 Å². The summed E-state index contributed by atoms with van der Waals surface area (Å²) in [7, 11) is 1.90. The highest BCUT2D eigenvalue weighted by molar-refractivity contribution is 5.75. The summed E-state index contributed by atoms with van der Waals surface area (Å²) in [5.41, 5.74) is 3.87. The largest absolute Gasteiger partial charge is 0.424 e. The number of nitrogens with zero attached hydrogens (tertiary/aromatic N) is 3. The first kappa shape index (κ1) is 14.3. The lowest BCUT2D eigenvalue weighted by Gasteiger charge is -2.37. The lowest BCUT2D eigenvalue weighted by molar-refractivity contribution is 0.0336. The molecule has 6 nitrogen and oxygen atoms in total. The summed E-state index contributed by atoms with van der Waals surface area (Å²) in [5, 5.41) is 17.3. The van der Waals surface area contributed by atoms with Crippen LogP contribution in [-0.2, 0) is 7.05 Å². The van der Waals surface area contributed by atoms with E-state index in [-0.39, 0.29) is 12.1 Å². The van der Waals surface area contributed by atoms with Crippen LogP contribution >= 0.6 is 0 Å². The first-order valence-electron chi connectivity index (χ1n) is 7.89. The van der Waals surface area contributed by atoms with Crippen molar-refractivity contribution in [2.75, 3.05) is 5.32 Å². The highest BCUT2D eigenvalue weighted by Crippen LogP contribution is 2.40. The minimum absolute atomic E-state index is 0.0428. The molecule has 1 aliphatic rings. The molecule has 1 saturated carbocycles. The van der Waals surface area contributed by atoms with Gasteiger partial charge in [-0.25, -0.2) is 0 Å². The Morgan fingerprint density at radius 3 is 2.91 bits per heavy atom. The molecule has 6 heteroatoms. The van der Waals surface area contributed by atoms with Gasteiger partial charge in [0.1, 0.15) is 5.52 Å². The average molecular weight is 312 g/mol. The Morgan fingerprint density at radius 2 is 2.22 bits per heavy atom. The van der Waals surface area contributed by atoms with Gasteiger partial charge < -0.3 is 14.8 Å². The van der Waals surface area contributed by atoms with Crippen molar-refractivity contribution in [3.63, 3.8) is 0 Å². The number of fused-ring (bicyclic) bond motifs is 1. The molecule has 0 bridgehead atoms. The van der Waals surface area contributed by atoms with E-state index in [9.17, 15) is 5.11 Å². The van der Waals surface area contributed by atoms with Crippen LogP contribution in [0.2, 0.25) is 0 Å². The van der Waals surface area contributed by atoms with Gasteiger partial charge in [0.25, 0.3) is 6.01 Å². The van der Waals surface area contributed by atoms with E-state index in [1.165, 1.54) is 0 Å². The van der Waals surface area contributed by atoms with Crippen molar-refractivity contribution in [2.24, 2.45) is 13.0 Å². The first-order chi connectivity index (χ1) is 11.1. The van der Waals surface area contributed by atoms with Crippen LogP contribution in [0.4, 0.5) is 6.01 Å². The fraction of sp³-hybridized carbons (Fsp3) is 0.412. The number of benzene rings is 1. The molecule has 2 N–H and O–H groups in total. The standard InChI is InChI=1S/C17H20N4O2/c1-10-3-4-15-14(5-10)19-17(23-15)20-16(11-6-13(22)7-11)12-8-18-21(2)9-12/h3-5,8-9,11,13,16,22H,6-7H2,1-2H3,(H,19,20)/t11?,13?,16-/m0/s1. The lowest BCUT2D eigenvalue weighted by Crippen LogP contribution is -2.35. The van der Waals surface area contributed by atoms with Gasteiger partial charge in [-0.15, -0.1) is 0 Å². The Hall–Kier alpha value is -2.34. The summed E-state index contributed by atoms with van der Waals surface area (Å²) < 4.78 is 7.60. The molecule has 2 heterocycles. The fourth-order valence-electron chi connectivity index (χ4n) is 3.21. The van der Waals surface area contributed by atoms with Gasteiger partial charge in [-0.3, -0.25) is 4.68 Å². The van der Waals surface area contributed by atoms with Crippen molar-refractivity contribution in [1.29, 1.82) is 0 Å². The van der Waals surface area contributed by atoms with E-state index in [0.29, 0.717) is 11.9 Å². The highest BCUT2D eigenvalue weighted by Gasteiger charge is 2.36. The van der Waals surface area contributed by atoms with Crippen molar-refractivity contribution < 1.29 is 9.52 Å². The summed E-state index contributed by atoms with van der Waals surface area (Å²) >= 11 is 0. The molecule has 23 heavy (non-hydrogen) atoms. The number of aliphatic hydroxyl groups is 1. The van der Waals surface area contributed by atoms with Crippen molar-refractivity contribution in [3.8, 4) is 0 Å². The SMILES string of the molecule is Cc1ccc2oc(N[C@H](c3cnn(C)c3)C3CC(O)C3)nc2c1. The van der Waals surface area contributed by atoms with Crippen LogP contribution in [0, 0.1) is 12.8 Å². The van der Waals surface area contributed by atoms with Crippen LogP contribution in [0.25, 0.3) is 11.1 Å². The number of nitrogens with one attached hydrogen (secondary N) is 1. The molecule has 1 fully saturated rings. The summed E-state index contributed by atoms with van der Waals surface area (Å²) in [6, 6.07) is 6.52. The molecule has 0 unspecified atom stereocenters. The molecule has 0 amide bonds. The summed E-state index contributed by atoms with van der Waals surface area (Å²) in [4.78, 5) is 4.54. The Morgan fingerprint density at radius 1 is 1.39 bits per heavy atom. The summed E-state index contributed by atoms with van der Waals surface area (Å²) in [6.45, 7) is 2.04. The third kappa shape index (κ3) is 2.70. The molecule has 120 valence electrons. The zero-order chi connectivity index (χ0) is 16.0. The van der Waals surface area contributed by atoms with Crippen molar-refractivity contribution in [2.45, 2.75) is 31.9 Å². The smallest absolute Gasteiger partial charge is 0.296 e. The van der Waals surface area contributed by atoms with Gasteiger partial charge >= 0.3 is 0 Å². The number of aromatic nitrogens is 3. The molecule has 1 atom stereocenters. The molecule has 1 aromatic carbocycles. The fourth-order valence-corrected chi connectivity index (χ4v) is 3.21. The number of hydrogen-bond donors (Lipinski definition) is 2. The maximum absolute atomic E-state index is 9.64. The maximum Gasteiger partial charge on any atom is 0.296 e. The van der Waals surface area contributed by atoms with Gasteiger partial charge in [0.05, 0.1) is 18.3 Å². The number of rotatable bonds is 4. The van der Waals surface area contributed by atoms with E-state index in [1.54, 1.807) is 4.68 Å². The van der Waals surface area contributed by atoms with Crippen molar-refractivity contribution in [1.82, 2.24) is 14.8 Å². The molecular weight excluding hydrogens is 292 g/mol. The lowest BCUT2D eigenvalue weighted by atomic mass is 9.75.